The van der Waals surface area contributed by atoms with E-state index in [1.165, 1.54) is 0 Å². The molecule has 4 N–H and O–H groups in total. The first-order chi connectivity index (χ1) is 29.8. The Hall–Kier alpha value is -4.40. The standard InChI is InChI=1S/C44H64N6O12/c1-29(2)47-17-13-35(14-18-47)59-33-9-5-31(6-10-33)45-39(53)41(49-21-25-57-26-22-49)61-43(55)37(51)38(52)44(56)62-42(50-23-27-58-28-24-50)40(54)46-32-7-11-34(12-8-32)60-36-15-19-48(20-16-36)30(3)4/h5-12,29-30,35-38,41-42,51-52H,13-28H2,1-4H3,(H,45,53)(H,46,54). The van der Waals surface area contributed by atoms with Crippen LogP contribution in [0.25, 0.3) is 0 Å². The van der Waals surface area contributed by atoms with E-state index in [-0.39, 0.29) is 64.8 Å². The number of likely N-dealkylation sites (tertiary alicyclic amines) is 2. The molecule has 4 saturated heterocycles. The maximum atomic E-state index is 13.6. The Labute approximate surface area is 363 Å². The van der Waals surface area contributed by atoms with Gasteiger partial charge in [-0.05, 0) is 102 Å². The van der Waals surface area contributed by atoms with Crippen LogP contribution >= 0.6 is 0 Å². The summed E-state index contributed by atoms with van der Waals surface area (Å²) in [7, 11) is 0. The number of hydrogen-bond acceptors (Lipinski definition) is 16. The molecule has 4 unspecified atom stereocenters. The number of rotatable bonds is 17. The second-order valence-electron chi connectivity index (χ2n) is 16.7. The second-order valence-corrected chi connectivity index (χ2v) is 16.7. The molecule has 0 aromatic heterocycles. The quantitative estimate of drug-likeness (QED) is 0.168. The maximum absolute atomic E-state index is 13.6. The molecule has 342 valence electrons. The molecule has 2 aromatic carbocycles. The zero-order valence-corrected chi connectivity index (χ0v) is 36.3. The Kier molecular flexibility index (Phi) is 17.3. The summed E-state index contributed by atoms with van der Waals surface area (Å²) in [6, 6.07) is 14.7. The minimum atomic E-state index is -2.46. The predicted molar refractivity (Wildman–Crippen MR) is 227 cm³/mol. The smallest absolute Gasteiger partial charge is 0.340 e. The van der Waals surface area contributed by atoms with Gasteiger partial charge in [-0.25, -0.2) is 9.59 Å². The largest absolute Gasteiger partial charge is 0.490 e. The van der Waals surface area contributed by atoms with E-state index in [1.807, 2.05) is 0 Å². The number of esters is 2. The van der Waals surface area contributed by atoms with Gasteiger partial charge >= 0.3 is 11.9 Å². The summed E-state index contributed by atoms with van der Waals surface area (Å²) in [5, 5.41) is 27.3. The maximum Gasteiger partial charge on any atom is 0.340 e. The molecule has 4 aliphatic heterocycles. The van der Waals surface area contributed by atoms with Crippen molar-refractivity contribution in [1.29, 1.82) is 0 Å². The van der Waals surface area contributed by atoms with E-state index in [9.17, 15) is 29.4 Å². The molecule has 6 rings (SSSR count). The highest BCUT2D eigenvalue weighted by atomic mass is 16.6. The van der Waals surface area contributed by atoms with Crippen LogP contribution in [-0.2, 0) is 38.1 Å². The Morgan fingerprint density at radius 2 is 0.855 bits per heavy atom. The van der Waals surface area contributed by atoms with Crippen molar-refractivity contribution < 1.29 is 57.8 Å². The second kappa shape index (κ2) is 22.8. The van der Waals surface area contributed by atoms with Gasteiger partial charge in [0.05, 0.1) is 26.4 Å². The number of morpholine rings is 2. The SMILES string of the molecule is CC(C)N1CCC(Oc2ccc(NC(=O)C(OC(=O)C(O)C(O)C(=O)OC(C(=O)Nc3ccc(OC4CCN(C(C)C)CC4)cc3)N3CCOCC3)N3CCOCC3)cc2)CC1. The van der Waals surface area contributed by atoms with E-state index < -0.39 is 48.4 Å². The fraction of sp³-hybridized carbons (Fsp3) is 0.636. The van der Waals surface area contributed by atoms with Crippen molar-refractivity contribution in [3.63, 3.8) is 0 Å². The van der Waals surface area contributed by atoms with Crippen molar-refractivity contribution in [1.82, 2.24) is 19.6 Å². The highest BCUT2D eigenvalue weighted by Crippen LogP contribution is 2.25. The van der Waals surface area contributed by atoms with E-state index in [1.54, 1.807) is 58.3 Å². The number of ether oxygens (including phenoxy) is 6. The van der Waals surface area contributed by atoms with Crippen LogP contribution in [0, 0.1) is 0 Å². The number of nitrogens with zero attached hydrogens (tertiary/aromatic N) is 4. The molecule has 4 heterocycles. The molecular formula is C44H64N6O12. The summed E-state index contributed by atoms with van der Waals surface area (Å²) in [5.74, 6) is -3.04. The van der Waals surface area contributed by atoms with Crippen LogP contribution in [-0.4, -0.2) is 181 Å². The molecule has 0 spiro atoms. The summed E-state index contributed by atoms with van der Waals surface area (Å²) in [4.78, 5) is 61.9. The molecule has 18 heteroatoms. The van der Waals surface area contributed by atoms with Crippen molar-refractivity contribution in [3.8, 4) is 11.5 Å². The lowest BCUT2D eigenvalue weighted by Gasteiger charge is -2.34. The van der Waals surface area contributed by atoms with Crippen molar-refractivity contribution in [2.75, 3.05) is 89.4 Å². The van der Waals surface area contributed by atoms with Gasteiger partial charge in [0.2, 0.25) is 12.5 Å². The molecule has 62 heavy (non-hydrogen) atoms. The molecule has 2 amide bonds. The van der Waals surface area contributed by atoms with Gasteiger partial charge in [-0.15, -0.1) is 0 Å². The Bertz CT molecular complexity index is 1610. The van der Waals surface area contributed by atoms with Crippen LogP contribution in [0.1, 0.15) is 53.4 Å². The van der Waals surface area contributed by atoms with Crippen LogP contribution in [0.2, 0.25) is 0 Å². The molecule has 4 aliphatic rings. The topological polar surface area (TPSA) is 201 Å². The van der Waals surface area contributed by atoms with Crippen LogP contribution in [0.4, 0.5) is 11.4 Å². The lowest BCUT2D eigenvalue weighted by molar-refractivity contribution is -0.192. The number of benzene rings is 2. The average Bonchev–Trinajstić information content (AvgIpc) is 3.28. The Morgan fingerprint density at radius 1 is 0.532 bits per heavy atom. The van der Waals surface area contributed by atoms with E-state index in [4.69, 9.17) is 28.4 Å². The van der Waals surface area contributed by atoms with Gasteiger partial charge in [-0.1, -0.05) is 0 Å². The third-order valence-corrected chi connectivity index (χ3v) is 11.7. The van der Waals surface area contributed by atoms with E-state index in [0.717, 1.165) is 51.9 Å². The number of nitrogens with one attached hydrogen (secondary N) is 2. The van der Waals surface area contributed by atoms with E-state index in [0.29, 0.717) is 35.0 Å². The molecular weight excluding hydrogens is 805 g/mol. The van der Waals surface area contributed by atoms with Gasteiger partial charge in [0, 0.05) is 75.8 Å². The Morgan fingerprint density at radius 3 is 1.16 bits per heavy atom. The van der Waals surface area contributed by atoms with Gasteiger partial charge in [-0.3, -0.25) is 19.4 Å². The zero-order chi connectivity index (χ0) is 44.2. The first-order valence-electron chi connectivity index (χ1n) is 21.9. The van der Waals surface area contributed by atoms with Gasteiger partial charge < -0.3 is 59.1 Å². The Balaban J connectivity index is 1.03. The predicted octanol–water partition coefficient (Wildman–Crippen LogP) is 1.89. The summed E-state index contributed by atoms with van der Waals surface area (Å²) in [5.41, 5.74) is 0.815. The van der Waals surface area contributed by atoms with Gasteiger partial charge in [0.25, 0.3) is 11.8 Å². The van der Waals surface area contributed by atoms with Crippen molar-refractivity contribution >= 4 is 35.1 Å². The average molecular weight is 869 g/mol. The van der Waals surface area contributed by atoms with E-state index >= 15 is 0 Å². The zero-order valence-electron chi connectivity index (χ0n) is 36.3. The highest BCUT2D eigenvalue weighted by molar-refractivity contribution is 5.97. The van der Waals surface area contributed by atoms with Crippen LogP contribution in [0.15, 0.2) is 48.5 Å². The first kappa shape index (κ1) is 47.1. The number of amides is 2. The molecule has 4 atom stereocenters. The monoisotopic (exact) mass is 868 g/mol. The normalized spacial score (nSPS) is 21.1. The summed E-state index contributed by atoms with van der Waals surface area (Å²) < 4.78 is 34.2. The fourth-order valence-corrected chi connectivity index (χ4v) is 7.88. The summed E-state index contributed by atoms with van der Waals surface area (Å²) >= 11 is 0. The van der Waals surface area contributed by atoms with Gasteiger partial charge in [0.1, 0.15) is 23.7 Å². The third-order valence-electron chi connectivity index (χ3n) is 11.7. The number of piperidine rings is 2. The number of carbonyl (C=O) groups is 4. The van der Waals surface area contributed by atoms with Crippen LogP contribution < -0.4 is 20.1 Å². The summed E-state index contributed by atoms with van der Waals surface area (Å²) in [6.45, 7) is 14.5. The lowest BCUT2D eigenvalue weighted by atomic mass is 10.1. The first-order valence-corrected chi connectivity index (χ1v) is 21.9. The van der Waals surface area contributed by atoms with Crippen molar-refractivity contribution in [2.24, 2.45) is 0 Å². The van der Waals surface area contributed by atoms with Crippen LogP contribution in [0.5, 0.6) is 11.5 Å². The molecule has 0 bridgehead atoms. The number of aliphatic hydroxyl groups excluding tert-OH is 2. The number of aliphatic hydroxyl groups is 2. The number of carbonyl (C=O) groups excluding carboxylic acids is 4. The molecule has 4 fully saturated rings. The molecule has 18 nitrogen and oxygen atoms in total. The fourth-order valence-electron chi connectivity index (χ4n) is 7.88. The van der Waals surface area contributed by atoms with Gasteiger partial charge in [0.15, 0.2) is 12.2 Å². The number of anilines is 2. The number of hydrogen-bond donors (Lipinski definition) is 4. The van der Waals surface area contributed by atoms with Crippen molar-refractivity contribution in [2.45, 2.75) is 102 Å². The van der Waals surface area contributed by atoms with Crippen LogP contribution in [0.3, 0.4) is 0 Å². The van der Waals surface area contributed by atoms with Crippen molar-refractivity contribution in [3.05, 3.63) is 48.5 Å². The molecule has 2 aromatic rings. The summed E-state index contributed by atoms with van der Waals surface area (Å²) in [6.07, 6.45) is -4.19. The van der Waals surface area contributed by atoms with Gasteiger partial charge in [-0.2, -0.15) is 0 Å². The molecule has 0 saturated carbocycles. The highest BCUT2D eigenvalue weighted by Gasteiger charge is 2.41. The lowest BCUT2D eigenvalue weighted by Crippen LogP contribution is -2.55. The minimum Gasteiger partial charge on any atom is -0.490 e. The molecule has 0 aliphatic carbocycles. The van der Waals surface area contributed by atoms with E-state index in [2.05, 4.69) is 48.1 Å². The minimum absolute atomic E-state index is 0.0869. The molecule has 0 radical (unpaired) electrons. The third kappa shape index (κ3) is 13.3.